The summed E-state index contributed by atoms with van der Waals surface area (Å²) in [4.78, 5) is 24.6. The number of H-pyrrole nitrogens is 1. The number of fused-ring (bicyclic) bond motifs is 1. The lowest BCUT2D eigenvalue weighted by molar-refractivity contribution is 0.0952. The lowest BCUT2D eigenvalue weighted by Crippen LogP contribution is -2.29. The molecule has 1 atom stereocenters. The Balaban J connectivity index is 1.41. The quantitative estimate of drug-likeness (QED) is 0.391. The molecule has 0 aliphatic heterocycles. The van der Waals surface area contributed by atoms with Crippen molar-refractivity contribution in [1.82, 2.24) is 24.8 Å². The predicted octanol–water partition coefficient (Wildman–Crippen LogP) is 4.96. The number of nitrogens with one attached hydrogen (secondary N) is 2. The number of amides is 1. The molecule has 0 spiro atoms. The number of pyridine rings is 1. The van der Waals surface area contributed by atoms with Crippen molar-refractivity contribution in [2.45, 2.75) is 5.92 Å². The van der Waals surface area contributed by atoms with Gasteiger partial charge in [0.05, 0.1) is 5.56 Å². The second-order valence-corrected chi connectivity index (χ2v) is 7.86. The first-order valence-electron chi connectivity index (χ1n) is 10.2. The Morgan fingerprint density at radius 3 is 2.69 bits per heavy atom. The Morgan fingerprint density at radius 1 is 1.06 bits per heavy atom. The molecule has 6 nitrogen and oxygen atoms in total. The first kappa shape index (κ1) is 20.0. The molecule has 2 N–H and O–H groups in total. The van der Waals surface area contributed by atoms with Crippen LogP contribution < -0.4 is 5.32 Å². The highest BCUT2D eigenvalue weighted by Crippen LogP contribution is 2.34. The molecule has 2 aromatic carbocycles. The van der Waals surface area contributed by atoms with Crippen molar-refractivity contribution in [3.05, 3.63) is 113 Å². The third kappa shape index (κ3) is 3.88. The maximum absolute atomic E-state index is 12.9. The number of carbonyl (C=O) groups excluding carboxylic acids is 1. The number of aromatic nitrogens is 4. The largest absolute Gasteiger partial charge is 0.361 e. The number of para-hydroxylation sites is 1. The number of halogens is 1. The van der Waals surface area contributed by atoms with E-state index in [0.717, 1.165) is 22.0 Å². The van der Waals surface area contributed by atoms with E-state index in [2.05, 4.69) is 26.3 Å². The van der Waals surface area contributed by atoms with E-state index >= 15 is 0 Å². The average Bonchev–Trinajstić information content (AvgIpc) is 3.51. The Kier molecular flexibility index (Phi) is 5.44. The second-order valence-electron chi connectivity index (χ2n) is 7.45. The average molecular weight is 442 g/mol. The Morgan fingerprint density at radius 2 is 1.91 bits per heavy atom. The molecule has 1 amide bonds. The van der Waals surface area contributed by atoms with Gasteiger partial charge in [-0.3, -0.25) is 9.36 Å². The van der Waals surface area contributed by atoms with E-state index in [9.17, 15) is 4.79 Å². The van der Waals surface area contributed by atoms with E-state index in [-0.39, 0.29) is 11.8 Å². The fourth-order valence-corrected chi connectivity index (χ4v) is 4.16. The molecule has 158 valence electrons. The molecule has 5 rings (SSSR count). The van der Waals surface area contributed by atoms with E-state index in [0.29, 0.717) is 22.9 Å². The van der Waals surface area contributed by atoms with Crippen LogP contribution in [0.1, 0.15) is 27.4 Å². The third-order valence-electron chi connectivity index (χ3n) is 5.52. The van der Waals surface area contributed by atoms with E-state index < -0.39 is 0 Å². The van der Waals surface area contributed by atoms with Gasteiger partial charge >= 0.3 is 0 Å². The zero-order chi connectivity index (χ0) is 21.9. The SMILES string of the molecule is O=C(NC[C@@H](c1ccccc1Cl)c1c[nH]c2ccccc12)c1ccc(-n2ccnc2)nc1. The summed E-state index contributed by atoms with van der Waals surface area (Å²) in [5.74, 6) is 0.403. The number of rotatable bonds is 6. The molecule has 0 aliphatic rings. The van der Waals surface area contributed by atoms with Gasteiger partial charge < -0.3 is 10.3 Å². The van der Waals surface area contributed by atoms with Gasteiger partial charge in [0.15, 0.2) is 0 Å². The number of aromatic amines is 1. The van der Waals surface area contributed by atoms with Gasteiger partial charge in [-0.15, -0.1) is 0 Å². The number of hydrogen-bond acceptors (Lipinski definition) is 3. The summed E-state index contributed by atoms with van der Waals surface area (Å²) in [6, 6.07) is 19.4. The molecule has 0 saturated heterocycles. The number of benzene rings is 2. The van der Waals surface area contributed by atoms with Crippen LogP contribution in [0.15, 0.2) is 91.8 Å². The molecule has 0 fully saturated rings. The minimum atomic E-state index is -0.188. The van der Waals surface area contributed by atoms with Crippen LogP contribution in [-0.4, -0.2) is 32.0 Å². The molecule has 3 heterocycles. The fraction of sp³-hybridized carbons (Fsp3) is 0.0800. The minimum Gasteiger partial charge on any atom is -0.361 e. The minimum absolute atomic E-state index is 0.109. The van der Waals surface area contributed by atoms with Crippen molar-refractivity contribution in [1.29, 1.82) is 0 Å². The topological polar surface area (TPSA) is 75.6 Å². The van der Waals surface area contributed by atoms with Crippen LogP contribution in [0.3, 0.4) is 0 Å². The van der Waals surface area contributed by atoms with Crippen molar-refractivity contribution in [3.8, 4) is 5.82 Å². The first-order valence-corrected chi connectivity index (χ1v) is 10.6. The van der Waals surface area contributed by atoms with E-state index in [4.69, 9.17) is 11.6 Å². The van der Waals surface area contributed by atoms with Gasteiger partial charge in [-0.1, -0.05) is 48.0 Å². The van der Waals surface area contributed by atoms with Crippen LogP contribution in [0, 0.1) is 0 Å². The molecule has 0 saturated carbocycles. The second kappa shape index (κ2) is 8.69. The maximum atomic E-state index is 12.9. The van der Waals surface area contributed by atoms with Crippen LogP contribution >= 0.6 is 11.6 Å². The zero-order valence-electron chi connectivity index (χ0n) is 17.1. The molecule has 5 aromatic rings. The monoisotopic (exact) mass is 441 g/mol. The molecule has 7 heteroatoms. The molecular formula is C25H20ClN5O. The summed E-state index contributed by atoms with van der Waals surface area (Å²) < 4.78 is 1.78. The maximum Gasteiger partial charge on any atom is 0.252 e. The number of nitrogens with zero attached hydrogens (tertiary/aromatic N) is 3. The summed E-state index contributed by atoms with van der Waals surface area (Å²) in [7, 11) is 0. The van der Waals surface area contributed by atoms with Crippen molar-refractivity contribution >= 4 is 28.4 Å². The van der Waals surface area contributed by atoms with Crippen LogP contribution in [0.2, 0.25) is 5.02 Å². The van der Waals surface area contributed by atoms with E-state index in [1.807, 2.05) is 48.7 Å². The van der Waals surface area contributed by atoms with E-state index in [1.165, 1.54) is 0 Å². The van der Waals surface area contributed by atoms with Crippen molar-refractivity contribution < 1.29 is 4.79 Å². The first-order chi connectivity index (χ1) is 15.7. The van der Waals surface area contributed by atoms with Crippen LogP contribution in [0.4, 0.5) is 0 Å². The van der Waals surface area contributed by atoms with Gasteiger partial charge in [-0.2, -0.15) is 0 Å². The molecule has 32 heavy (non-hydrogen) atoms. The van der Waals surface area contributed by atoms with Crippen molar-refractivity contribution in [2.75, 3.05) is 6.54 Å². The molecule has 0 aliphatic carbocycles. The molecule has 0 bridgehead atoms. The Bertz CT molecular complexity index is 1360. The summed E-state index contributed by atoms with van der Waals surface area (Å²) in [5.41, 5.74) is 3.59. The number of imidazole rings is 1. The lowest BCUT2D eigenvalue weighted by atomic mass is 9.90. The predicted molar refractivity (Wildman–Crippen MR) is 125 cm³/mol. The Hall–Kier alpha value is -3.90. The molecule has 3 aromatic heterocycles. The van der Waals surface area contributed by atoms with E-state index in [1.54, 1.807) is 41.6 Å². The van der Waals surface area contributed by atoms with Crippen LogP contribution in [0.5, 0.6) is 0 Å². The van der Waals surface area contributed by atoms with Gasteiger partial charge in [-0.05, 0) is 35.4 Å². The molecular weight excluding hydrogens is 422 g/mol. The summed E-state index contributed by atoms with van der Waals surface area (Å²) >= 11 is 6.55. The number of hydrogen-bond donors (Lipinski definition) is 2. The lowest BCUT2D eigenvalue weighted by Gasteiger charge is -2.19. The summed E-state index contributed by atoms with van der Waals surface area (Å²) in [5, 5.41) is 4.84. The summed E-state index contributed by atoms with van der Waals surface area (Å²) in [6.45, 7) is 0.397. The van der Waals surface area contributed by atoms with Crippen molar-refractivity contribution in [2.24, 2.45) is 0 Å². The number of carbonyl (C=O) groups is 1. The Labute approximate surface area is 189 Å². The zero-order valence-corrected chi connectivity index (χ0v) is 17.8. The third-order valence-corrected chi connectivity index (χ3v) is 5.87. The van der Waals surface area contributed by atoms with Crippen LogP contribution in [0.25, 0.3) is 16.7 Å². The van der Waals surface area contributed by atoms with Crippen LogP contribution in [-0.2, 0) is 0 Å². The van der Waals surface area contributed by atoms with Gasteiger partial charge in [0.2, 0.25) is 0 Å². The van der Waals surface area contributed by atoms with Gasteiger partial charge in [-0.25, -0.2) is 9.97 Å². The highest BCUT2D eigenvalue weighted by atomic mass is 35.5. The normalized spacial score (nSPS) is 12.0. The fourth-order valence-electron chi connectivity index (χ4n) is 3.89. The standard InChI is InChI=1S/C25H20ClN5O/c26-22-7-3-1-5-18(22)20(21-14-28-23-8-4-2-6-19(21)23)15-30-25(32)17-9-10-24(29-13-17)31-12-11-27-16-31/h1-14,16,20,28H,15H2,(H,30,32)/t20-/m0/s1. The highest BCUT2D eigenvalue weighted by molar-refractivity contribution is 6.31. The van der Waals surface area contributed by atoms with Gasteiger partial charge in [0, 0.05) is 53.2 Å². The van der Waals surface area contributed by atoms with Gasteiger partial charge in [0.1, 0.15) is 12.1 Å². The molecule has 0 radical (unpaired) electrons. The summed E-state index contributed by atoms with van der Waals surface area (Å²) in [6.07, 6.45) is 8.71. The highest BCUT2D eigenvalue weighted by Gasteiger charge is 2.21. The molecule has 0 unspecified atom stereocenters. The van der Waals surface area contributed by atoms with Gasteiger partial charge in [0.25, 0.3) is 5.91 Å². The van der Waals surface area contributed by atoms with Crippen molar-refractivity contribution in [3.63, 3.8) is 0 Å². The smallest absolute Gasteiger partial charge is 0.252 e.